The number of nitrogens with zero attached hydrogens (tertiary/aromatic N) is 1. The standard InChI is InChI=1S/C11H18N4O2/c1-2-8(10-12-3-4-13-10)15-11(17)9-5-7(16)6-14-9/h3-4,7-9,14,16H,2,5-6H2,1H3,(H,12,13)(H,15,17). The second-order valence-electron chi connectivity index (χ2n) is 4.29. The van der Waals surface area contributed by atoms with Crippen LogP contribution in [-0.2, 0) is 4.79 Å². The highest BCUT2D eigenvalue weighted by Gasteiger charge is 2.29. The van der Waals surface area contributed by atoms with Gasteiger partial charge in [0.25, 0.3) is 0 Å². The van der Waals surface area contributed by atoms with Gasteiger partial charge in [-0.15, -0.1) is 0 Å². The number of carbonyl (C=O) groups excluding carboxylic acids is 1. The molecule has 1 fully saturated rings. The third kappa shape index (κ3) is 2.83. The van der Waals surface area contributed by atoms with E-state index in [1.807, 2.05) is 6.92 Å². The topological polar surface area (TPSA) is 90.0 Å². The zero-order valence-corrected chi connectivity index (χ0v) is 9.81. The molecular weight excluding hydrogens is 220 g/mol. The second kappa shape index (κ2) is 5.29. The Balaban J connectivity index is 1.93. The molecule has 1 aromatic rings. The van der Waals surface area contributed by atoms with Gasteiger partial charge in [0, 0.05) is 18.9 Å². The quantitative estimate of drug-likeness (QED) is 0.580. The average molecular weight is 238 g/mol. The van der Waals surface area contributed by atoms with Gasteiger partial charge in [-0.05, 0) is 12.8 Å². The molecule has 3 atom stereocenters. The molecule has 1 aromatic heterocycles. The van der Waals surface area contributed by atoms with E-state index < -0.39 is 6.10 Å². The SMILES string of the molecule is CCC(NC(=O)C1CC(O)CN1)c1ncc[nH]1. The van der Waals surface area contributed by atoms with Crippen LogP contribution in [0.5, 0.6) is 0 Å². The van der Waals surface area contributed by atoms with Crippen LogP contribution in [0.4, 0.5) is 0 Å². The lowest BCUT2D eigenvalue weighted by Gasteiger charge is -2.17. The van der Waals surface area contributed by atoms with E-state index in [1.54, 1.807) is 12.4 Å². The Morgan fingerprint density at radius 1 is 1.76 bits per heavy atom. The molecule has 17 heavy (non-hydrogen) atoms. The molecule has 0 aliphatic carbocycles. The van der Waals surface area contributed by atoms with Crippen molar-refractivity contribution in [3.05, 3.63) is 18.2 Å². The zero-order valence-electron chi connectivity index (χ0n) is 9.81. The van der Waals surface area contributed by atoms with Crippen molar-refractivity contribution in [1.29, 1.82) is 0 Å². The van der Waals surface area contributed by atoms with E-state index in [4.69, 9.17) is 0 Å². The number of H-pyrrole nitrogens is 1. The predicted molar refractivity (Wildman–Crippen MR) is 62.2 cm³/mol. The lowest BCUT2D eigenvalue weighted by molar-refractivity contribution is -0.123. The highest BCUT2D eigenvalue weighted by molar-refractivity contribution is 5.82. The fourth-order valence-electron chi connectivity index (χ4n) is 2.02. The molecule has 0 saturated carbocycles. The molecule has 0 bridgehead atoms. The predicted octanol–water partition coefficient (Wildman–Crippen LogP) is -0.300. The van der Waals surface area contributed by atoms with Crippen molar-refractivity contribution in [3.8, 4) is 0 Å². The summed E-state index contributed by atoms with van der Waals surface area (Å²) < 4.78 is 0. The Labute approximate surface area is 99.8 Å². The normalized spacial score (nSPS) is 25.8. The van der Waals surface area contributed by atoms with Crippen molar-refractivity contribution in [2.45, 2.75) is 38.0 Å². The van der Waals surface area contributed by atoms with Crippen LogP contribution in [0.1, 0.15) is 31.6 Å². The Kier molecular flexibility index (Phi) is 3.75. The molecular formula is C11H18N4O2. The third-order valence-corrected chi connectivity index (χ3v) is 3.00. The summed E-state index contributed by atoms with van der Waals surface area (Å²) in [5, 5.41) is 15.3. The van der Waals surface area contributed by atoms with Gasteiger partial charge in [-0.3, -0.25) is 4.79 Å². The molecule has 6 heteroatoms. The van der Waals surface area contributed by atoms with Crippen LogP contribution in [0.3, 0.4) is 0 Å². The van der Waals surface area contributed by atoms with Gasteiger partial charge in [-0.2, -0.15) is 0 Å². The van der Waals surface area contributed by atoms with E-state index in [0.717, 1.165) is 12.2 Å². The van der Waals surface area contributed by atoms with Crippen molar-refractivity contribution in [2.75, 3.05) is 6.54 Å². The van der Waals surface area contributed by atoms with Gasteiger partial charge < -0.3 is 20.7 Å². The first-order valence-corrected chi connectivity index (χ1v) is 5.91. The molecule has 1 saturated heterocycles. The fraction of sp³-hybridized carbons (Fsp3) is 0.636. The van der Waals surface area contributed by atoms with Gasteiger partial charge in [0.1, 0.15) is 5.82 Å². The maximum atomic E-state index is 11.9. The molecule has 0 spiro atoms. The maximum absolute atomic E-state index is 11.9. The summed E-state index contributed by atoms with van der Waals surface area (Å²) in [6.07, 6.45) is 4.23. The molecule has 2 rings (SSSR count). The largest absolute Gasteiger partial charge is 0.392 e. The minimum absolute atomic E-state index is 0.0789. The van der Waals surface area contributed by atoms with Crippen LogP contribution in [0.15, 0.2) is 12.4 Å². The molecule has 94 valence electrons. The van der Waals surface area contributed by atoms with Crippen LogP contribution in [0.2, 0.25) is 0 Å². The van der Waals surface area contributed by atoms with E-state index in [9.17, 15) is 9.90 Å². The molecule has 1 aliphatic rings. The number of nitrogens with one attached hydrogen (secondary N) is 3. The maximum Gasteiger partial charge on any atom is 0.237 e. The molecule has 6 nitrogen and oxygen atoms in total. The van der Waals surface area contributed by atoms with E-state index in [2.05, 4.69) is 20.6 Å². The first-order chi connectivity index (χ1) is 8.20. The number of aliphatic hydroxyl groups excluding tert-OH is 1. The lowest BCUT2D eigenvalue weighted by Crippen LogP contribution is -2.42. The third-order valence-electron chi connectivity index (χ3n) is 3.00. The summed E-state index contributed by atoms with van der Waals surface area (Å²) in [5.41, 5.74) is 0. The van der Waals surface area contributed by atoms with Gasteiger partial charge in [-0.25, -0.2) is 4.98 Å². The molecule has 4 N–H and O–H groups in total. The van der Waals surface area contributed by atoms with Crippen molar-refractivity contribution >= 4 is 5.91 Å². The average Bonchev–Trinajstić information content (AvgIpc) is 2.96. The number of aliphatic hydroxyl groups is 1. The zero-order chi connectivity index (χ0) is 12.3. The first kappa shape index (κ1) is 12.1. The summed E-state index contributed by atoms with van der Waals surface area (Å²) in [6, 6.07) is -0.397. The number of rotatable bonds is 4. The van der Waals surface area contributed by atoms with E-state index in [1.165, 1.54) is 0 Å². The van der Waals surface area contributed by atoms with Gasteiger partial charge in [0.15, 0.2) is 0 Å². The minimum atomic E-state index is -0.422. The number of amides is 1. The number of hydrogen-bond donors (Lipinski definition) is 4. The van der Waals surface area contributed by atoms with Crippen molar-refractivity contribution in [1.82, 2.24) is 20.6 Å². The monoisotopic (exact) mass is 238 g/mol. The summed E-state index contributed by atoms with van der Waals surface area (Å²) in [6.45, 7) is 2.47. The van der Waals surface area contributed by atoms with Crippen LogP contribution < -0.4 is 10.6 Å². The number of aromatic amines is 1. The van der Waals surface area contributed by atoms with Gasteiger partial charge in [0.2, 0.25) is 5.91 Å². The summed E-state index contributed by atoms with van der Waals surface area (Å²) in [5.74, 6) is 0.684. The highest BCUT2D eigenvalue weighted by atomic mass is 16.3. The highest BCUT2D eigenvalue weighted by Crippen LogP contribution is 2.13. The van der Waals surface area contributed by atoms with Crippen LogP contribution in [-0.4, -0.2) is 39.7 Å². The molecule has 1 amide bonds. The van der Waals surface area contributed by atoms with Crippen LogP contribution in [0.25, 0.3) is 0 Å². The molecule has 3 unspecified atom stereocenters. The van der Waals surface area contributed by atoms with E-state index in [0.29, 0.717) is 13.0 Å². The lowest BCUT2D eigenvalue weighted by atomic mass is 10.1. The van der Waals surface area contributed by atoms with E-state index in [-0.39, 0.29) is 18.0 Å². The fourth-order valence-corrected chi connectivity index (χ4v) is 2.02. The minimum Gasteiger partial charge on any atom is -0.392 e. The summed E-state index contributed by atoms with van der Waals surface area (Å²) in [4.78, 5) is 19.1. The van der Waals surface area contributed by atoms with Crippen molar-refractivity contribution < 1.29 is 9.90 Å². The van der Waals surface area contributed by atoms with Crippen molar-refractivity contribution in [2.24, 2.45) is 0 Å². The van der Waals surface area contributed by atoms with Crippen molar-refractivity contribution in [3.63, 3.8) is 0 Å². The number of imidazole rings is 1. The van der Waals surface area contributed by atoms with Crippen LogP contribution >= 0.6 is 0 Å². The molecule has 1 aliphatic heterocycles. The Morgan fingerprint density at radius 3 is 3.12 bits per heavy atom. The Morgan fingerprint density at radius 2 is 2.59 bits per heavy atom. The van der Waals surface area contributed by atoms with Gasteiger partial charge in [0.05, 0.1) is 18.2 Å². The number of carbonyl (C=O) groups is 1. The number of hydrogen-bond acceptors (Lipinski definition) is 4. The smallest absolute Gasteiger partial charge is 0.237 e. The van der Waals surface area contributed by atoms with E-state index >= 15 is 0 Å². The molecule has 2 heterocycles. The number of β-amino-alcohol motifs (C(OH)–C–C–N with tert-alkyl or cyclic N) is 1. The first-order valence-electron chi connectivity index (χ1n) is 5.91. The number of aromatic nitrogens is 2. The Bertz CT molecular complexity index is 366. The summed E-state index contributed by atoms with van der Waals surface area (Å²) in [7, 11) is 0. The second-order valence-corrected chi connectivity index (χ2v) is 4.29. The Hall–Kier alpha value is -1.40. The molecule has 0 radical (unpaired) electrons. The van der Waals surface area contributed by atoms with Gasteiger partial charge >= 0.3 is 0 Å². The van der Waals surface area contributed by atoms with Crippen LogP contribution in [0, 0.1) is 0 Å². The summed E-state index contributed by atoms with van der Waals surface area (Å²) >= 11 is 0. The van der Waals surface area contributed by atoms with Gasteiger partial charge in [-0.1, -0.05) is 6.92 Å². The molecule has 0 aromatic carbocycles.